The van der Waals surface area contributed by atoms with Crippen LogP contribution in [0.25, 0.3) is 0 Å². The van der Waals surface area contributed by atoms with Crippen LogP contribution in [0.15, 0.2) is 0 Å². The Kier molecular flexibility index (Phi) is 19.2. The van der Waals surface area contributed by atoms with Crippen LogP contribution in [0, 0.1) is 0 Å². The molecule has 0 heterocycles. The predicted molar refractivity (Wildman–Crippen MR) is 24.6 cm³/mol. The van der Waals surface area contributed by atoms with Crippen LogP contribution in [0.4, 0.5) is 26.3 Å². The third-order valence-electron chi connectivity index (χ3n) is 0. The van der Waals surface area contributed by atoms with Crippen molar-refractivity contribution >= 4 is 13.5 Å². The molecule has 0 aliphatic carbocycles. The quantitative estimate of drug-likeness (QED) is 0.495. The highest BCUT2D eigenvalue weighted by molar-refractivity contribution is 7.59. The van der Waals surface area contributed by atoms with E-state index in [0.29, 0.717) is 0 Å². The Morgan fingerprint density at radius 2 is 0.556 bits per heavy atom. The molecule has 0 atom stereocenters. The van der Waals surface area contributed by atoms with Gasteiger partial charge in [0.2, 0.25) is 0 Å². The van der Waals surface area contributed by atoms with Crippen molar-refractivity contribution in [2.24, 2.45) is 0 Å². The van der Waals surface area contributed by atoms with Crippen LogP contribution in [0.5, 0.6) is 0 Å². The van der Waals surface area contributed by atoms with Crippen molar-refractivity contribution in [3.63, 3.8) is 0 Å². The van der Waals surface area contributed by atoms with Gasteiger partial charge in [-0.3, -0.25) is 0 Å². The van der Waals surface area contributed by atoms with Gasteiger partial charge in [0.15, 0.2) is 0 Å². The molecule has 0 spiro atoms. The molecule has 0 aliphatic rings. The number of alkyl halides is 6. The van der Waals surface area contributed by atoms with Crippen molar-refractivity contribution in [1.82, 2.24) is 0 Å². The lowest BCUT2D eigenvalue weighted by atomic mass is 11.6. The molecule has 0 saturated heterocycles. The van der Waals surface area contributed by atoms with Crippen molar-refractivity contribution in [3.05, 3.63) is 0 Å². The summed E-state index contributed by atoms with van der Waals surface area (Å²) in [6.07, 6.45) is 0. The largest absolute Gasteiger partial charge is 0.379 e. The van der Waals surface area contributed by atoms with E-state index in [-0.39, 0.29) is 13.5 Å². The molecule has 0 aromatic heterocycles. The van der Waals surface area contributed by atoms with Crippen LogP contribution in [0.3, 0.4) is 0 Å². The fourth-order valence-electron chi connectivity index (χ4n) is 0. The second-order valence-corrected chi connectivity index (χ2v) is 0.495. The van der Waals surface area contributed by atoms with Gasteiger partial charge in [-0.2, -0.15) is 39.8 Å². The van der Waals surface area contributed by atoms with E-state index in [1.807, 2.05) is 0 Å². The fourth-order valence-corrected chi connectivity index (χ4v) is 0. The molecule has 0 saturated carbocycles. The fraction of sp³-hybridized carbons (Fsp3) is 1.00. The monoisotopic (exact) mass is 174 g/mol. The van der Waals surface area contributed by atoms with Gasteiger partial charge in [0.1, 0.15) is 0 Å². The van der Waals surface area contributed by atoms with Crippen LogP contribution in [-0.4, -0.2) is 13.4 Å². The number of rotatable bonds is 0. The Morgan fingerprint density at radius 1 is 0.556 bits per heavy atom. The SMILES string of the molecule is FC(F)F.FC(F)F.S. The smallest absolute Gasteiger partial charge is 0.197 e. The number of hydrogen-bond acceptors (Lipinski definition) is 0. The summed E-state index contributed by atoms with van der Waals surface area (Å²) in [6, 6.07) is 0. The lowest BCUT2D eigenvalue weighted by molar-refractivity contribution is 0.00734. The van der Waals surface area contributed by atoms with Gasteiger partial charge in [-0.05, 0) is 0 Å². The van der Waals surface area contributed by atoms with Gasteiger partial charge in [0, 0.05) is 0 Å². The van der Waals surface area contributed by atoms with E-state index in [1.54, 1.807) is 0 Å². The Balaban J connectivity index is -0.0000000720. The first-order valence-corrected chi connectivity index (χ1v) is 1.31. The van der Waals surface area contributed by atoms with E-state index in [2.05, 4.69) is 0 Å². The summed E-state index contributed by atoms with van der Waals surface area (Å²) >= 11 is 0. The lowest BCUT2D eigenvalue weighted by Crippen LogP contribution is -1.65. The number of hydrogen-bond donors (Lipinski definition) is 0. The molecule has 0 rings (SSSR count). The van der Waals surface area contributed by atoms with Gasteiger partial charge in [0.25, 0.3) is 0 Å². The third-order valence-corrected chi connectivity index (χ3v) is 0. The molecule has 0 unspecified atom stereocenters. The highest BCUT2D eigenvalue weighted by Crippen LogP contribution is 1.87. The van der Waals surface area contributed by atoms with E-state index in [9.17, 15) is 26.3 Å². The molecule has 9 heavy (non-hydrogen) atoms. The maximum atomic E-state index is 9.67. The van der Waals surface area contributed by atoms with Crippen LogP contribution >= 0.6 is 13.5 Å². The minimum absolute atomic E-state index is 0. The van der Waals surface area contributed by atoms with Gasteiger partial charge in [-0.1, -0.05) is 0 Å². The van der Waals surface area contributed by atoms with Crippen molar-refractivity contribution in [1.29, 1.82) is 0 Å². The summed E-state index contributed by atoms with van der Waals surface area (Å²) in [5.74, 6) is 0. The summed E-state index contributed by atoms with van der Waals surface area (Å²) in [4.78, 5) is 0. The highest BCUT2D eigenvalue weighted by Gasteiger charge is 1.86. The van der Waals surface area contributed by atoms with Crippen LogP contribution in [0.2, 0.25) is 0 Å². The maximum absolute atomic E-state index is 9.67. The maximum Gasteiger partial charge on any atom is 0.379 e. The summed E-state index contributed by atoms with van der Waals surface area (Å²) in [7, 11) is 0. The summed E-state index contributed by atoms with van der Waals surface area (Å²) in [5, 5.41) is 0. The Hall–Kier alpha value is -0.0700. The predicted octanol–water partition coefficient (Wildman–Crippen LogP) is 2.47. The molecule has 7 heteroatoms. The van der Waals surface area contributed by atoms with Crippen molar-refractivity contribution in [3.8, 4) is 0 Å². The normalized spacial score (nSPS) is 8.00. The van der Waals surface area contributed by atoms with Gasteiger partial charge in [-0.15, -0.1) is 0 Å². The van der Waals surface area contributed by atoms with Gasteiger partial charge in [-0.25, -0.2) is 0 Å². The lowest BCUT2D eigenvalue weighted by Gasteiger charge is -1.65. The molecule has 0 bridgehead atoms. The zero-order valence-electron chi connectivity index (χ0n) is 3.92. The summed E-state index contributed by atoms with van der Waals surface area (Å²) in [6.45, 7) is -7.33. The van der Waals surface area contributed by atoms with Crippen LogP contribution in [0.1, 0.15) is 0 Å². The van der Waals surface area contributed by atoms with Crippen molar-refractivity contribution in [2.75, 3.05) is 0 Å². The molecular weight excluding hydrogens is 170 g/mol. The molecular formula is C2H4F6S. The van der Waals surface area contributed by atoms with Gasteiger partial charge in [0.05, 0.1) is 0 Å². The summed E-state index contributed by atoms with van der Waals surface area (Å²) < 4.78 is 58.0. The van der Waals surface area contributed by atoms with Gasteiger partial charge < -0.3 is 0 Å². The zero-order chi connectivity index (χ0) is 7.15. The highest BCUT2D eigenvalue weighted by atomic mass is 32.1. The topological polar surface area (TPSA) is 0 Å². The zero-order valence-corrected chi connectivity index (χ0v) is 4.92. The van der Waals surface area contributed by atoms with Crippen molar-refractivity contribution < 1.29 is 26.3 Å². The molecule has 0 amide bonds. The van der Waals surface area contributed by atoms with Crippen molar-refractivity contribution in [2.45, 2.75) is 13.4 Å². The van der Waals surface area contributed by atoms with Crippen LogP contribution < -0.4 is 0 Å². The minimum atomic E-state index is -3.67. The molecule has 0 aromatic carbocycles. The standard InChI is InChI=1S/2CHF3.H2S/c2*2-1(3)4;/h2*1H;1H2. The second kappa shape index (κ2) is 10.8. The van der Waals surface area contributed by atoms with E-state index < -0.39 is 13.4 Å². The second-order valence-electron chi connectivity index (χ2n) is 0.495. The first-order valence-electron chi connectivity index (χ1n) is 1.31. The molecule has 0 aliphatic heterocycles. The molecule has 0 radical (unpaired) electrons. The Labute approximate surface area is 54.3 Å². The first kappa shape index (κ1) is 16.0. The first-order chi connectivity index (χ1) is 3.46. The average molecular weight is 174 g/mol. The minimum Gasteiger partial charge on any atom is -0.197 e. The molecule has 0 fully saturated rings. The summed E-state index contributed by atoms with van der Waals surface area (Å²) in [5.41, 5.74) is 0. The van der Waals surface area contributed by atoms with Gasteiger partial charge >= 0.3 is 13.4 Å². The average Bonchev–Trinajstić information content (AvgIpc) is 1.25. The van der Waals surface area contributed by atoms with E-state index in [1.165, 1.54) is 0 Å². The molecule has 0 N–H and O–H groups in total. The van der Waals surface area contributed by atoms with E-state index >= 15 is 0 Å². The van der Waals surface area contributed by atoms with E-state index in [4.69, 9.17) is 0 Å². The Bertz CT molecular complexity index is 26.5. The Morgan fingerprint density at radius 3 is 0.556 bits per heavy atom. The third kappa shape index (κ3) is 56900. The molecule has 0 nitrogen and oxygen atoms in total. The van der Waals surface area contributed by atoms with Crippen LogP contribution in [-0.2, 0) is 0 Å². The molecule has 0 aromatic rings. The molecule has 60 valence electrons. The number of halogens is 6. The van der Waals surface area contributed by atoms with E-state index in [0.717, 1.165) is 0 Å².